The maximum absolute atomic E-state index is 12.0. The van der Waals surface area contributed by atoms with Gasteiger partial charge in [0.1, 0.15) is 5.76 Å². The van der Waals surface area contributed by atoms with Gasteiger partial charge >= 0.3 is 0 Å². The van der Waals surface area contributed by atoms with Crippen LogP contribution >= 0.6 is 15.9 Å². The first-order chi connectivity index (χ1) is 9.06. The summed E-state index contributed by atoms with van der Waals surface area (Å²) in [5, 5.41) is 0. The Balaban J connectivity index is 1.86. The first-order valence-electron chi connectivity index (χ1n) is 6.32. The Morgan fingerprint density at radius 3 is 2.89 bits per heavy atom. The summed E-state index contributed by atoms with van der Waals surface area (Å²) in [6, 6.07) is 3.61. The number of likely N-dealkylation sites (N-methyl/N-ethyl adjacent to an activating group) is 1. The molecule has 0 saturated carbocycles. The lowest BCUT2D eigenvalue weighted by Gasteiger charge is -2.28. The van der Waals surface area contributed by atoms with Gasteiger partial charge in [-0.2, -0.15) is 0 Å². The van der Waals surface area contributed by atoms with E-state index < -0.39 is 0 Å². The van der Waals surface area contributed by atoms with E-state index in [0.717, 1.165) is 12.8 Å². The number of furan rings is 1. The van der Waals surface area contributed by atoms with Crippen LogP contribution in [0.2, 0.25) is 0 Å². The fraction of sp³-hybridized carbons (Fsp3) is 0.538. The zero-order valence-electron chi connectivity index (χ0n) is 10.9. The van der Waals surface area contributed by atoms with E-state index in [-0.39, 0.29) is 18.4 Å². The molecule has 0 unspecified atom stereocenters. The van der Waals surface area contributed by atoms with Gasteiger partial charge in [-0.1, -0.05) is 0 Å². The van der Waals surface area contributed by atoms with Crippen molar-refractivity contribution in [1.29, 1.82) is 0 Å². The van der Waals surface area contributed by atoms with Crippen LogP contribution < -0.4 is 0 Å². The number of amides is 2. The van der Waals surface area contributed by atoms with Crippen LogP contribution in [0.3, 0.4) is 0 Å². The molecule has 2 rings (SSSR count). The highest BCUT2D eigenvalue weighted by atomic mass is 79.9. The zero-order valence-corrected chi connectivity index (χ0v) is 12.5. The van der Waals surface area contributed by atoms with E-state index >= 15 is 0 Å². The van der Waals surface area contributed by atoms with Crippen molar-refractivity contribution in [2.45, 2.75) is 25.8 Å². The van der Waals surface area contributed by atoms with E-state index in [1.54, 1.807) is 22.9 Å². The van der Waals surface area contributed by atoms with E-state index in [4.69, 9.17) is 4.42 Å². The monoisotopic (exact) mass is 328 g/mol. The fourth-order valence-corrected chi connectivity index (χ4v) is 2.41. The molecule has 0 aliphatic carbocycles. The molecule has 5 nitrogen and oxygen atoms in total. The molecule has 19 heavy (non-hydrogen) atoms. The smallest absolute Gasteiger partial charge is 0.242 e. The summed E-state index contributed by atoms with van der Waals surface area (Å²) >= 11 is 3.22. The third-order valence-corrected chi connectivity index (χ3v) is 3.62. The molecule has 0 atom stereocenters. The van der Waals surface area contributed by atoms with Crippen LogP contribution in [-0.4, -0.2) is 41.8 Å². The molecule has 0 aromatic carbocycles. The quantitative estimate of drug-likeness (QED) is 0.849. The molecule has 1 aliphatic heterocycles. The van der Waals surface area contributed by atoms with E-state index in [9.17, 15) is 9.59 Å². The fourth-order valence-electron chi connectivity index (χ4n) is 2.07. The minimum atomic E-state index is -0.0669. The van der Waals surface area contributed by atoms with Crippen molar-refractivity contribution in [3.05, 3.63) is 22.6 Å². The lowest BCUT2D eigenvalue weighted by molar-refractivity contribution is -0.141. The predicted molar refractivity (Wildman–Crippen MR) is 73.3 cm³/mol. The molecule has 1 aliphatic rings. The highest BCUT2D eigenvalue weighted by Crippen LogP contribution is 2.16. The van der Waals surface area contributed by atoms with Crippen LogP contribution in [0.4, 0.5) is 0 Å². The first-order valence-corrected chi connectivity index (χ1v) is 7.11. The maximum Gasteiger partial charge on any atom is 0.242 e. The van der Waals surface area contributed by atoms with E-state index in [0.29, 0.717) is 29.9 Å². The highest BCUT2D eigenvalue weighted by molar-refractivity contribution is 9.10. The topological polar surface area (TPSA) is 53.8 Å². The van der Waals surface area contributed by atoms with Gasteiger partial charge < -0.3 is 14.2 Å². The van der Waals surface area contributed by atoms with Crippen molar-refractivity contribution in [2.24, 2.45) is 0 Å². The zero-order chi connectivity index (χ0) is 13.8. The molecule has 1 saturated heterocycles. The number of carbonyl (C=O) groups is 2. The number of likely N-dealkylation sites (tertiary alicyclic amines) is 1. The highest BCUT2D eigenvalue weighted by Gasteiger charge is 2.22. The summed E-state index contributed by atoms with van der Waals surface area (Å²) in [5.74, 6) is 0.726. The summed E-state index contributed by atoms with van der Waals surface area (Å²) in [6.45, 7) is 1.26. The van der Waals surface area contributed by atoms with Crippen LogP contribution in [0.15, 0.2) is 21.2 Å². The number of hydrogen-bond donors (Lipinski definition) is 0. The predicted octanol–water partition coefficient (Wildman–Crippen LogP) is 2.01. The Labute approximate surface area is 120 Å². The number of piperidine rings is 1. The van der Waals surface area contributed by atoms with Crippen LogP contribution in [0, 0.1) is 0 Å². The molecule has 1 fully saturated rings. The van der Waals surface area contributed by atoms with Gasteiger partial charge in [-0.25, -0.2) is 0 Å². The molecule has 6 heteroatoms. The van der Waals surface area contributed by atoms with Crippen molar-refractivity contribution in [2.75, 3.05) is 20.1 Å². The Morgan fingerprint density at radius 2 is 2.26 bits per heavy atom. The van der Waals surface area contributed by atoms with E-state index in [1.165, 1.54) is 0 Å². The normalized spacial score (nSPS) is 15.7. The third-order valence-electron chi connectivity index (χ3n) is 3.20. The van der Waals surface area contributed by atoms with Crippen LogP contribution in [0.25, 0.3) is 0 Å². The molecule has 104 valence electrons. The second kappa shape index (κ2) is 6.23. The van der Waals surface area contributed by atoms with Gasteiger partial charge in [0.2, 0.25) is 11.8 Å². The van der Waals surface area contributed by atoms with Gasteiger partial charge in [0.05, 0.1) is 13.1 Å². The molecule has 2 amide bonds. The summed E-state index contributed by atoms with van der Waals surface area (Å²) in [7, 11) is 1.72. The third kappa shape index (κ3) is 3.83. The van der Waals surface area contributed by atoms with Gasteiger partial charge in [0, 0.05) is 20.0 Å². The van der Waals surface area contributed by atoms with Gasteiger partial charge in [-0.05, 0) is 40.9 Å². The standard InChI is InChI=1S/C13H17BrN2O3/c1-15(8-10-5-6-11(14)19-10)13(18)9-16-7-3-2-4-12(16)17/h5-6H,2-4,7-9H2,1H3. The molecule has 0 spiro atoms. The van der Waals surface area contributed by atoms with Gasteiger partial charge in [0.15, 0.2) is 4.67 Å². The first kappa shape index (κ1) is 14.1. The van der Waals surface area contributed by atoms with Crippen LogP contribution in [0.1, 0.15) is 25.0 Å². The molecule has 1 aromatic heterocycles. The summed E-state index contributed by atoms with van der Waals surface area (Å²) in [6.07, 6.45) is 2.47. The van der Waals surface area contributed by atoms with E-state index in [2.05, 4.69) is 15.9 Å². The lowest BCUT2D eigenvalue weighted by Crippen LogP contribution is -2.43. The van der Waals surface area contributed by atoms with Gasteiger partial charge in [-0.15, -0.1) is 0 Å². The molecular weight excluding hydrogens is 312 g/mol. The van der Waals surface area contributed by atoms with Gasteiger partial charge in [-0.3, -0.25) is 9.59 Å². The average molecular weight is 329 g/mol. The lowest BCUT2D eigenvalue weighted by atomic mass is 10.1. The minimum Gasteiger partial charge on any atom is -0.452 e. The van der Waals surface area contributed by atoms with Crippen LogP contribution in [0.5, 0.6) is 0 Å². The summed E-state index contributed by atoms with van der Waals surface area (Å²) in [4.78, 5) is 26.9. The Hall–Kier alpha value is -1.30. The number of nitrogens with zero attached hydrogens (tertiary/aromatic N) is 2. The molecule has 0 radical (unpaired) electrons. The van der Waals surface area contributed by atoms with Crippen molar-refractivity contribution in [3.8, 4) is 0 Å². The summed E-state index contributed by atoms with van der Waals surface area (Å²) < 4.78 is 6.01. The Bertz CT molecular complexity index is 472. The second-order valence-electron chi connectivity index (χ2n) is 4.73. The van der Waals surface area contributed by atoms with Crippen molar-refractivity contribution in [1.82, 2.24) is 9.80 Å². The average Bonchev–Trinajstić information content (AvgIpc) is 2.77. The SMILES string of the molecule is CN(Cc1ccc(Br)o1)C(=O)CN1CCCCC1=O. The number of carbonyl (C=O) groups excluding carboxylic acids is 2. The maximum atomic E-state index is 12.0. The molecule has 1 aromatic rings. The van der Waals surface area contributed by atoms with E-state index in [1.807, 2.05) is 6.07 Å². The molecule has 0 bridgehead atoms. The summed E-state index contributed by atoms with van der Waals surface area (Å²) in [5.41, 5.74) is 0. The molecule has 0 N–H and O–H groups in total. The Morgan fingerprint density at radius 1 is 1.47 bits per heavy atom. The molecule has 2 heterocycles. The van der Waals surface area contributed by atoms with Crippen molar-refractivity contribution < 1.29 is 14.0 Å². The van der Waals surface area contributed by atoms with Gasteiger partial charge in [0.25, 0.3) is 0 Å². The van der Waals surface area contributed by atoms with Crippen molar-refractivity contribution >= 4 is 27.7 Å². The minimum absolute atomic E-state index is 0.0669. The van der Waals surface area contributed by atoms with Crippen molar-refractivity contribution in [3.63, 3.8) is 0 Å². The molecular formula is C13H17BrN2O3. The van der Waals surface area contributed by atoms with Crippen LogP contribution in [-0.2, 0) is 16.1 Å². The number of rotatable bonds is 4. The number of hydrogen-bond acceptors (Lipinski definition) is 3. The number of halogens is 1. The Kier molecular flexibility index (Phi) is 4.63. The second-order valence-corrected chi connectivity index (χ2v) is 5.51. The largest absolute Gasteiger partial charge is 0.452 e.